The molecule has 0 radical (unpaired) electrons. The molecule has 1 N–H and O–H groups in total. The zero-order chi connectivity index (χ0) is 14.5. The van der Waals surface area contributed by atoms with Crippen LogP contribution in [0.3, 0.4) is 0 Å². The molecule has 3 rings (SSSR count). The van der Waals surface area contributed by atoms with Crippen LogP contribution in [-0.4, -0.2) is 43.8 Å². The SMILES string of the molecule is COc1ccccc1N1CCC[C@@H](NC2CCSCC2)C1. The maximum absolute atomic E-state index is 5.52. The second kappa shape index (κ2) is 7.41. The fourth-order valence-electron chi connectivity index (χ4n) is 3.42. The second-order valence-corrected chi connectivity index (χ2v) is 7.24. The van der Waals surface area contributed by atoms with Crippen molar-refractivity contribution in [2.75, 3.05) is 36.6 Å². The highest BCUT2D eigenvalue weighted by atomic mass is 32.2. The van der Waals surface area contributed by atoms with E-state index in [0.29, 0.717) is 6.04 Å². The molecule has 4 heteroatoms. The lowest BCUT2D eigenvalue weighted by atomic mass is 10.0. The zero-order valence-electron chi connectivity index (χ0n) is 12.9. The molecule has 2 saturated heterocycles. The standard InChI is InChI=1S/C17H26N2OS/c1-20-17-7-3-2-6-16(17)19-10-4-5-15(13-19)18-14-8-11-21-12-9-14/h2-3,6-7,14-15,18H,4-5,8-13H2,1H3/t15-/m1/s1. The van der Waals surface area contributed by atoms with E-state index < -0.39 is 0 Å². The third-order valence-electron chi connectivity index (χ3n) is 4.54. The number of benzene rings is 1. The lowest BCUT2D eigenvalue weighted by molar-refractivity contribution is 0.357. The third-order valence-corrected chi connectivity index (χ3v) is 5.59. The van der Waals surface area contributed by atoms with Crippen LogP contribution < -0.4 is 15.0 Å². The molecule has 1 aromatic carbocycles. The highest BCUT2D eigenvalue weighted by Gasteiger charge is 2.24. The molecule has 0 bridgehead atoms. The van der Waals surface area contributed by atoms with Gasteiger partial charge in [0, 0.05) is 25.2 Å². The van der Waals surface area contributed by atoms with Gasteiger partial charge in [-0.25, -0.2) is 0 Å². The van der Waals surface area contributed by atoms with Crippen molar-refractivity contribution in [2.24, 2.45) is 0 Å². The van der Waals surface area contributed by atoms with E-state index in [1.165, 1.54) is 42.9 Å². The number of para-hydroxylation sites is 2. The number of nitrogens with zero attached hydrogens (tertiary/aromatic N) is 1. The van der Waals surface area contributed by atoms with Gasteiger partial charge in [-0.3, -0.25) is 0 Å². The first-order chi connectivity index (χ1) is 10.4. The molecule has 1 atom stereocenters. The molecule has 0 saturated carbocycles. The number of thioether (sulfide) groups is 1. The Morgan fingerprint density at radius 3 is 2.76 bits per heavy atom. The van der Waals surface area contributed by atoms with Crippen LogP contribution >= 0.6 is 11.8 Å². The Hall–Kier alpha value is -0.870. The van der Waals surface area contributed by atoms with E-state index in [2.05, 4.69) is 40.2 Å². The Labute approximate surface area is 132 Å². The minimum atomic E-state index is 0.622. The molecule has 2 heterocycles. The molecular weight excluding hydrogens is 280 g/mol. The summed E-state index contributed by atoms with van der Waals surface area (Å²) in [7, 11) is 1.76. The summed E-state index contributed by atoms with van der Waals surface area (Å²) in [6.07, 6.45) is 5.22. The van der Waals surface area contributed by atoms with Crippen molar-refractivity contribution >= 4 is 17.4 Å². The lowest BCUT2D eigenvalue weighted by Crippen LogP contribution is -2.50. The molecule has 1 aromatic rings. The molecule has 21 heavy (non-hydrogen) atoms. The summed E-state index contributed by atoms with van der Waals surface area (Å²) in [5.41, 5.74) is 1.24. The maximum Gasteiger partial charge on any atom is 0.142 e. The van der Waals surface area contributed by atoms with Crippen LogP contribution in [0.15, 0.2) is 24.3 Å². The summed E-state index contributed by atoms with van der Waals surface area (Å²) in [6, 6.07) is 9.74. The Bertz CT molecular complexity index is 448. The van der Waals surface area contributed by atoms with Crippen molar-refractivity contribution in [3.8, 4) is 5.75 Å². The predicted octanol–water partition coefficient (Wildman–Crippen LogP) is 3.15. The number of nitrogens with one attached hydrogen (secondary N) is 1. The van der Waals surface area contributed by atoms with Gasteiger partial charge in [0.15, 0.2) is 0 Å². The van der Waals surface area contributed by atoms with E-state index in [1.54, 1.807) is 7.11 Å². The summed E-state index contributed by atoms with van der Waals surface area (Å²) in [4.78, 5) is 2.48. The average Bonchev–Trinajstić information content (AvgIpc) is 2.56. The zero-order valence-corrected chi connectivity index (χ0v) is 13.7. The molecule has 2 aliphatic rings. The van der Waals surface area contributed by atoms with Crippen LogP contribution in [0.2, 0.25) is 0 Å². The minimum Gasteiger partial charge on any atom is -0.495 e. The van der Waals surface area contributed by atoms with E-state index in [4.69, 9.17) is 4.74 Å². The van der Waals surface area contributed by atoms with Gasteiger partial charge in [0.25, 0.3) is 0 Å². The molecule has 0 amide bonds. The third kappa shape index (κ3) is 3.86. The van der Waals surface area contributed by atoms with Crippen molar-refractivity contribution in [1.29, 1.82) is 0 Å². The highest BCUT2D eigenvalue weighted by Crippen LogP contribution is 2.30. The van der Waals surface area contributed by atoms with Crippen molar-refractivity contribution in [3.05, 3.63) is 24.3 Å². The molecule has 2 aliphatic heterocycles. The minimum absolute atomic E-state index is 0.622. The number of ether oxygens (including phenoxy) is 1. The van der Waals surface area contributed by atoms with Crippen LogP contribution in [0.5, 0.6) is 5.75 Å². The van der Waals surface area contributed by atoms with Crippen LogP contribution in [0.1, 0.15) is 25.7 Å². The second-order valence-electron chi connectivity index (χ2n) is 6.01. The summed E-state index contributed by atoms with van der Waals surface area (Å²) in [5, 5.41) is 3.90. The van der Waals surface area contributed by atoms with Gasteiger partial charge in [-0.2, -0.15) is 11.8 Å². The summed E-state index contributed by atoms with van der Waals surface area (Å²) in [5.74, 6) is 3.63. The number of rotatable bonds is 4. The van der Waals surface area contributed by atoms with Crippen molar-refractivity contribution in [3.63, 3.8) is 0 Å². The smallest absolute Gasteiger partial charge is 0.142 e. The number of anilines is 1. The molecule has 3 nitrogen and oxygen atoms in total. The topological polar surface area (TPSA) is 24.5 Å². The van der Waals surface area contributed by atoms with E-state index >= 15 is 0 Å². The predicted molar refractivity (Wildman–Crippen MR) is 91.7 cm³/mol. The molecule has 0 aliphatic carbocycles. The van der Waals surface area contributed by atoms with E-state index in [9.17, 15) is 0 Å². The van der Waals surface area contributed by atoms with Gasteiger partial charge in [0.2, 0.25) is 0 Å². The van der Waals surface area contributed by atoms with E-state index in [-0.39, 0.29) is 0 Å². The van der Waals surface area contributed by atoms with E-state index in [0.717, 1.165) is 24.9 Å². The van der Waals surface area contributed by atoms with Gasteiger partial charge in [-0.05, 0) is 49.3 Å². The van der Waals surface area contributed by atoms with E-state index in [1.807, 2.05) is 6.07 Å². The fourth-order valence-corrected chi connectivity index (χ4v) is 4.53. The van der Waals surface area contributed by atoms with Gasteiger partial charge in [0.1, 0.15) is 5.75 Å². The first-order valence-electron chi connectivity index (χ1n) is 8.08. The monoisotopic (exact) mass is 306 g/mol. The Balaban J connectivity index is 1.62. The van der Waals surface area contributed by atoms with Crippen LogP contribution in [-0.2, 0) is 0 Å². The normalized spacial score (nSPS) is 24.0. The highest BCUT2D eigenvalue weighted by molar-refractivity contribution is 7.99. The number of hydrogen-bond donors (Lipinski definition) is 1. The molecule has 116 valence electrons. The first-order valence-corrected chi connectivity index (χ1v) is 9.24. The molecule has 0 aromatic heterocycles. The van der Waals surface area contributed by atoms with Gasteiger partial charge in [-0.15, -0.1) is 0 Å². The van der Waals surface area contributed by atoms with Gasteiger partial charge < -0.3 is 15.0 Å². The molecular formula is C17H26N2OS. The summed E-state index contributed by atoms with van der Waals surface area (Å²) < 4.78 is 5.52. The number of hydrogen-bond acceptors (Lipinski definition) is 4. The molecule has 0 unspecified atom stereocenters. The van der Waals surface area contributed by atoms with Crippen LogP contribution in [0.4, 0.5) is 5.69 Å². The summed E-state index contributed by atoms with van der Waals surface area (Å²) in [6.45, 7) is 2.24. The Morgan fingerprint density at radius 2 is 1.95 bits per heavy atom. The van der Waals surface area contributed by atoms with Gasteiger partial charge >= 0.3 is 0 Å². The number of piperidine rings is 1. The molecule has 2 fully saturated rings. The lowest BCUT2D eigenvalue weighted by Gasteiger charge is -2.38. The molecule has 0 spiro atoms. The van der Waals surface area contributed by atoms with Crippen molar-refractivity contribution in [2.45, 2.75) is 37.8 Å². The largest absolute Gasteiger partial charge is 0.495 e. The maximum atomic E-state index is 5.52. The van der Waals surface area contributed by atoms with Crippen LogP contribution in [0.25, 0.3) is 0 Å². The fraction of sp³-hybridized carbons (Fsp3) is 0.647. The van der Waals surface area contributed by atoms with Gasteiger partial charge in [0.05, 0.1) is 12.8 Å². The number of methoxy groups -OCH3 is 1. The first kappa shape index (κ1) is 15.0. The Morgan fingerprint density at radius 1 is 1.14 bits per heavy atom. The van der Waals surface area contributed by atoms with Crippen LogP contribution in [0, 0.1) is 0 Å². The van der Waals surface area contributed by atoms with Crippen molar-refractivity contribution < 1.29 is 4.74 Å². The Kier molecular flexibility index (Phi) is 5.31. The quantitative estimate of drug-likeness (QED) is 0.923. The summed E-state index contributed by atoms with van der Waals surface area (Å²) >= 11 is 2.10. The van der Waals surface area contributed by atoms with Crippen molar-refractivity contribution in [1.82, 2.24) is 5.32 Å². The average molecular weight is 306 g/mol. The van der Waals surface area contributed by atoms with Gasteiger partial charge in [-0.1, -0.05) is 12.1 Å².